The van der Waals surface area contributed by atoms with E-state index in [-0.39, 0.29) is 15.3 Å². The summed E-state index contributed by atoms with van der Waals surface area (Å²) in [6.45, 7) is 1.52. The van der Waals surface area contributed by atoms with Crippen molar-refractivity contribution in [3.05, 3.63) is 63.7 Å². The smallest absolute Gasteiger partial charge is 0.211 e. The number of hydrogen-bond donors (Lipinski definition) is 0. The fourth-order valence-corrected chi connectivity index (χ4v) is 5.67. The second-order valence-corrected chi connectivity index (χ2v) is 9.97. The van der Waals surface area contributed by atoms with E-state index in [1.165, 1.54) is 24.4 Å². The van der Waals surface area contributed by atoms with Crippen molar-refractivity contribution in [3.8, 4) is 0 Å². The fraction of sp³-hybridized carbons (Fsp3) is 0.318. The van der Waals surface area contributed by atoms with Gasteiger partial charge < -0.3 is 9.47 Å². The molecule has 1 fully saturated rings. The van der Waals surface area contributed by atoms with Crippen LogP contribution in [0.3, 0.4) is 0 Å². The third-order valence-electron chi connectivity index (χ3n) is 5.57. The second kappa shape index (κ2) is 8.04. The topological polar surface area (TPSA) is 59.4 Å². The Morgan fingerprint density at radius 2 is 1.73 bits per heavy atom. The molecule has 2 heterocycles. The number of fused-ring (bicyclic) bond motifs is 1. The molecule has 0 amide bonds. The number of pyridine rings is 1. The van der Waals surface area contributed by atoms with Crippen LogP contribution in [0.2, 0.25) is 5.02 Å². The number of anilines is 1. The molecular weight excluding hydrogens is 427 g/mol. The fourth-order valence-electron chi connectivity index (χ4n) is 3.97. The number of aromatic nitrogens is 1. The second-order valence-electron chi connectivity index (χ2n) is 7.62. The molecule has 5 nitrogen and oxygen atoms in total. The zero-order valence-electron chi connectivity index (χ0n) is 16.6. The molecule has 0 aliphatic carbocycles. The molecule has 3 aromatic rings. The first kappa shape index (κ1) is 20.9. The van der Waals surface area contributed by atoms with Crippen LogP contribution in [0.4, 0.5) is 10.1 Å². The van der Waals surface area contributed by atoms with Crippen molar-refractivity contribution in [1.82, 2.24) is 4.57 Å². The first-order chi connectivity index (χ1) is 14.3. The van der Waals surface area contributed by atoms with Crippen molar-refractivity contribution in [1.29, 1.82) is 0 Å². The lowest BCUT2D eigenvalue weighted by atomic mass is 10.1. The van der Waals surface area contributed by atoms with Gasteiger partial charge in [0.2, 0.25) is 15.3 Å². The molecular formula is C22H22ClFN2O3S. The molecule has 0 unspecified atom stereocenters. The molecule has 158 valence electrons. The normalized spacial score (nSPS) is 15.4. The van der Waals surface area contributed by atoms with Gasteiger partial charge in [0.15, 0.2) is 0 Å². The molecule has 0 bridgehead atoms. The van der Waals surface area contributed by atoms with Gasteiger partial charge >= 0.3 is 0 Å². The predicted molar refractivity (Wildman–Crippen MR) is 117 cm³/mol. The van der Waals surface area contributed by atoms with Crippen LogP contribution in [0.5, 0.6) is 0 Å². The Kier molecular flexibility index (Phi) is 5.59. The summed E-state index contributed by atoms with van der Waals surface area (Å²) in [7, 11) is -2.45. The number of benzene rings is 2. The summed E-state index contributed by atoms with van der Waals surface area (Å²) in [4.78, 5) is 14.6. The molecule has 0 atom stereocenters. The molecule has 1 aromatic heterocycles. The van der Waals surface area contributed by atoms with Gasteiger partial charge in [0.1, 0.15) is 10.7 Å². The van der Waals surface area contributed by atoms with Gasteiger partial charge in [0.25, 0.3) is 0 Å². The van der Waals surface area contributed by atoms with Gasteiger partial charge in [-0.2, -0.15) is 0 Å². The van der Waals surface area contributed by atoms with E-state index in [4.69, 9.17) is 11.6 Å². The molecule has 8 heteroatoms. The Balaban J connectivity index is 1.88. The molecule has 1 aliphatic heterocycles. The van der Waals surface area contributed by atoms with Gasteiger partial charge in [-0.05, 0) is 43.2 Å². The SMILES string of the molecule is Cn1cc(S(=O)(=O)c2cccc(Cl)c2)c(=O)c2cc(F)c(N3CCCCCC3)cc21. The summed E-state index contributed by atoms with van der Waals surface area (Å²) >= 11 is 5.93. The maximum Gasteiger partial charge on any atom is 0.211 e. The highest BCUT2D eigenvalue weighted by Gasteiger charge is 2.25. The van der Waals surface area contributed by atoms with Crippen molar-refractivity contribution in [2.24, 2.45) is 7.05 Å². The third kappa shape index (κ3) is 3.72. The van der Waals surface area contributed by atoms with E-state index in [1.807, 2.05) is 4.90 Å². The van der Waals surface area contributed by atoms with Gasteiger partial charge in [-0.3, -0.25) is 4.79 Å². The summed E-state index contributed by atoms with van der Waals surface area (Å²) in [5.41, 5.74) is 0.222. The minimum absolute atomic E-state index is 0.0386. The summed E-state index contributed by atoms with van der Waals surface area (Å²) in [6.07, 6.45) is 5.52. The van der Waals surface area contributed by atoms with Crippen LogP contribution in [-0.4, -0.2) is 26.1 Å². The van der Waals surface area contributed by atoms with E-state index < -0.39 is 26.0 Å². The van der Waals surface area contributed by atoms with Gasteiger partial charge in [-0.25, -0.2) is 12.8 Å². The number of sulfone groups is 1. The first-order valence-corrected chi connectivity index (χ1v) is 11.7. The Labute approximate surface area is 179 Å². The molecule has 2 aromatic carbocycles. The van der Waals surface area contributed by atoms with Crippen LogP contribution in [0.25, 0.3) is 10.9 Å². The van der Waals surface area contributed by atoms with E-state index in [0.29, 0.717) is 11.2 Å². The quantitative estimate of drug-likeness (QED) is 0.590. The van der Waals surface area contributed by atoms with Gasteiger partial charge in [0.05, 0.1) is 21.5 Å². The molecule has 0 N–H and O–H groups in total. The lowest BCUT2D eigenvalue weighted by Gasteiger charge is -2.24. The van der Waals surface area contributed by atoms with Gasteiger partial charge in [0, 0.05) is 31.4 Å². The van der Waals surface area contributed by atoms with Crippen LogP contribution >= 0.6 is 11.6 Å². The monoisotopic (exact) mass is 448 g/mol. The number of hydrogen-bond acceptors (Lipinski definition) is 4. The van der Waals surface area contributed by atoms with E-state index in [9.17, 15) is 17.6 Å². The predicted octanol–water partition coefficient (Wildman–Crippen LogP) is 4.54. The zero-order chi connectivity index (χ0) is 21.5. The lowest BCUT2D eigenvalue weighted by Crippen LogP contribution is -2.25. The molecule has 0 saturated carbocycles. The summed E-state index contributed by atoms with van der Waals surface area (Å²) in [5, 5.41) is 0.290. The molecule has 4 rings (SSSR count). The molecule has 1 saturated heterocycles. The van der Waals surface area contributed by atoms with Crippen LogP contribution in [0.1, 0.15) is 25.7 Å². The molecule has 30 heavy (non-hydrogen) atoms. The number of aryl methyl sites for hydroxylation is 1. The van der Waals surface area contributed by atoms with Crippen LogP contribution in [-0.2, 0) is 16.9 Å². The number of nitrogens with zero attached hydrogens (tertiary/aromatic N) is 2. The van der Waals surface area contributed by atoms with Crippen LogP contribution in [0.15, 0.2) is 57.2 Å². The van der Waals surface area contributed by atoms with Crippen molar-refractivity contribution < 1.29 is 12.8 Å². The van der Waals surface area contributed by atoms with E-state index in [2.05, 4.69) is 0 Å². The third-order valence-corrected chi connectivity index (χ3v) is 7.55. The number of rotatable bonds is 3. The largest absolute Gasteiger partial charge is 0.369 e. The Hall–Kier alpha value is -2.38. The van der Waals surface area contributed by atoms with Crippen molar-refractivity contribution >= 4 is 38.0 Å². The molecule has 1 aliphatic rings. The van der Waals surface area contributed by atoms with Crippen molar-refractivity contribution in [2.75, 3.05) is 18.0 Å². The summed E-state index contributed by atoms with van der Waals surface area (Å²) in [6, 6.07) is 8.55. The highest BCUT2D eigenvalue weighted by molar-refractivity contribution is 7.91. The zero-order valence-corrected chi connectivity index (χ0v) is 18.1. The highest BCUT2D eigenvalue weighted by atomic mass is 35.5. The lowest BCUT2D eigenvalue weighted by molar-refractivity contribution is 0.594. The van der Waals surface area contributed by atoms with Gasteiger partial charge in [-0.15, -0.1) is 0 Å². The minimum atomic E-state index is -4.11. The summed E-state index contributed by atoms with van der Waals surface area (Å²) in [5.74, 6) is -0.515. The van der Waals surface area contributed by atoms with E-state index in [1.54, 1.807) is 23.7 Å². The number of halogens is 2. The van der Waals surface area contributed by atoms with E-state index >= 15 is 0 Å². The highest BCUT2D eigenvalue weighted by Crippen LogP contribution is 2.29. The van der Waals surface area contributed by atoms with Gasteiger partial charge in [-0.1, -0.05) is 30.5 Å². The van der Waals surface area contributed by atoms with E-state index in [0.717, 1.165) is 44.8 Å². The standard InChI is InChI=1S/C22H22ClFN2O3S/c1-25-14-21(30(28,29)16-8-6-7-15(23)11-16)22(27)17-12-18(24)20(13-19(17)25)26-9-4-2-3-5-10-26/h6-8,11-14H,2-5,9-10H2,1H3. The van der Waals surface area contributed by atoms with Crippen LogP contribution in [0, 0.1) is 5.82 Å². The average Bonchev–Trinajstić information content (AvgIpc) is 2.99. The Morgan fingerprint density at radius 1 is 1.03 bits per heavy atom. The van der Waals surface area contributed by atoms with Crippen molar-refractivity contribution in [3.63, 3.8) is 0 Å². The maximum absolute atomic E-state index is 15.0. The molecule has 0 spiro atoms. The molecule has 0 radical (unpaired) electrons. The van der Waals surface area contributed by atoms with Crippen molar-refractivity contribution in [2.45, 2.75) is 35.5 Å². The average molecular weight is 449 g/mol. The Morgan fingerprint density at radius 3 is 2.40 bits per heavy atom. The summed E-state index contributed by atoms with van der Waals surface area (Å²) < 4.78 is 42.7. The van der Waals surface area contributed by atoms with Crippen LogP contribution < -0.4 is 10.3 Å². The maximum atomic E-state index is 15.0. The Bertz CT molecular complexity index is 1280. The first-order valence-electron chi connectivity index (χ1n) is 9.87. The minimum Gasteiger partial charge on any atom is -0.369 e.